The molecule has 0 aliphatic rings. The molecule has 0 spiro atoms. The second-order valence-corrected chi connectivity index (χ2v) is 1.15. The van der Waals surface area contributed by atoms with Gasteiger partial charge in [-0.1, -0.05) is 0 Å². The van der Waals surface area contributed by atoms with Gasteiger partial charge in [0.1, 0.15) is 0 Å². The van der Waals surface area contributed by atoms with Crippen LogP contribution < -0.4 is 22.9 Å². The molecule has 109 valence electrons. The van der Waals surface area contributed by atoms with E-state index in [1.807, 2.05) is 0 Å². The van der Waals surface area contributed by atoms with Crippen LogP contribution in [0, 0.1) is 47.3 Å². The van der Waals surface area contributed by atoms with Crippen molar-refractivity contribution in [3.63, 3.8) is 0 Å². The molecule has 0 saturated heterocycles. The Balaban J connectivity index is -0.0000000113. The molecule has 0 aromatic heterocycles. The van der Waals surface area contributed by atoms with Crippen molar-refractivity contribution in [2.24, 2.45) is 22.9 Å². The Labute approximate surface area is 130 Å². The standard InChI is InChI=1S/2C2H8N2.4CN.Cu.Ni/c2*3-1-2-4;4*1-2;;/h2*1-4H2;;;;;;/q;;4*-1;2*+2. The second-order valence-electron chi connectivity index (χ2n) is 1.15. The van der Waals surface area contributed by atoms with Crippen LogP contribution in [0.25, 0.3) is 0 Å². The Morgan fingerprint density at radius 2 is 0.556 bits per heavy atom. The first-order chi connectivity index (χ1) is 7.83. The maximum absolute atomic E-state index is 6.25. The van der Waals surface area contributed by atoms with E-state index in [-0.39, 0.29) is 33.6 Å². The third-order valence-electron chi connectivity index (χ3n) is 0.333. The van der Waals surface area contributed by atoms with E-state index in [0.29, 0.717) is 26.2 Å². The second kappa shape index (κ2) is 438. The Hall–Kier alpha value is -1.19. The molecule has 18 heavy (non-hydrogen) atoms. The van der Waals surface area contributed by atoms with Crippen LogP contribution >= 0.6 is 0 Å². The summed E-state index contributed by atoms with van der Waals surface area (Å²) in [5, 5.41) is 25.0. The van der Waals surface area contributed by atoms with Crippen LogP contribution in [0.1, 0.15) is 0 Å². The van der Waals surface area contributed by atoms with E-state index in [4.69, 9.17) is 70.3 Å². The maximum Gasteiger partial charge on any atom is 2.00 e. The van der Waals surface area contributed by atoms with E-state index in [1.54, 1.807) is 0 Å². The van der Waals surface area contributed by atoms with Gasteiger partial charge in [0.05, 0.1) is 0 Å². The van der Waals surface area contributed by atoms with Crippen LogP contribution in [0.5, 0.6) is 0 Å². The van der Waals surface area contributed by atoms with Gasteiger partial charge in [0.25, 0.3) is 0 Å². The van der Waals surface area contributed by atoms with E-state index < -0.39 is 0 Å². The fourth-order valence-electron chi connectivity index (χ4n) is 0. The summed E-state index contributed by atoms with van der Waals surface area (Å²) in [6, 6.07) is 0. The van der Waals surface area contributed by atoms with Gasteiger partial charge in [0, 0.05) is 26.2 Å². The molecule has 0 aliphatic carbocycles. The summed E-state index contributed by atoms with van der Waals surface area (Å²) in [5.41, 5.74) is 19.6. The predicted molar refractivity (Wildman–Crippen MR) is 56.1 cm³/mol. The number of nitrogens with two attached hydrogens (primary N) is 4. The molecule has 8 nitrogen and oxygen atoms in total. The quantitative estimate of drug-likeness (QED) is 0.331. The summed E-state index contributed by atoms with van der Waals surface area (Å²) in [5.74, 6) is 0. The summed E-state index contributed by atoms with van der Waals surface area (Å²) in [4.78, 5) is 0. The first-order valence-corrected chi connectivity index (χ1v) is 3.53. The first-order valence-electron chi connectivity index (χ1n) is 3.53. The van der Waals surface area contributed by atoms with Crippen molar-refractivity contribution in [2.75, 3.05) is 26.2 Å². The van der Waals surface area contributed by atoms with Crippen molar-refractivity contribution in [3.05, 3.63) is 26.3 Å². The monoisotopic (exact) mass is 345 g/mol. The molecule has 0 aromatic rings. The zero-order valence-electron chi connectivity index (χ0n) is 9.54. The summed E-state index contributed by atoms with van der Waals surface area (Å²) in [7, 11) is 0. The average Bonchev–Trinajstić information content (AvgIpc) is 2.47. The minimum absolute atomic E-state index is 0. The minimum Gasteiger partial charge on any atom is -0.512 e. The Morgan fingerprint density at radius 1 is 0.500 bits per heavy atom. The van der Waals surface area contributed by atoms with E-state index >= 15 is 0 Å². The van der Waals surface area contributed by atoms with Gasteiger partial charge in [-0.25, -0.2) is 0 Å². The van der Waals surface area contributed by atoms with Crippen LogP contribution in [-0.2, 0) is 33.6 Å². The van der Waals surface area contributed by atoms with Crippen LogP contribution in [-0.4, -0.2) is 26.2 Å². The average molecular weight is 347 g/mol. The molecule has 0 unspecified atom stereocenters. The fourth-order valence-corrected chi connectivity index (χ4v) is 0. The van der Waals surface area contributed by atoms with Crippen LogP contribution in [0.15, 0.2) is 0 Å². The fraction of sp³-hybridized carbons (Fsp3) is 0.500. The van der Waals surface area contributed by atoms with Crippen molar-refractivity contribution in [2.45, 2.75) is 0 Å². The number of nitrogens with zero attached hydrogens (tertiary/aromatic N) is 4. The van der Waals surface area contributed by atoms with Crippen LogP contribution in [0.2, 0.25) is 0 Å². The van der Waals surface area contributed by atoms with Gasteiger partial charge < -0.3 is 70.3 Å². The Bertz CT molecular complexity index is 104. The SMILES string of the molecule is NCCN.NCCN.[C-]#N.[C-]#N.[C-]#N.[C-]#N.[Cu+2].[Ni+2]. The maximum atomic E-state index is 6.25. The number of rotatable bonds is 2. The zero-order valence-corrected chi connectivity index (χ0v) is 11.5. The van der Waals surface area contributed by atoms with Crippen molar-refractivity contribution in [3.8, 4) is 0 Å². The molecule has 0 aliphatic heterocycles. The van der Waals surface area contributed by atoms with Gasteiger partial charge in [-0.05, 0) is 0 Å². The summed E-state index contributed by atoms with van der Waals surface area (Å²) in [6.45, 7) is 21.4. The normalized spacial score (nSPS) is 3.78. The molecular weight excluding hydrogens is 330 g/mol. The van der Waals surface area contributed by atoms with E-state index in [1.165, 1.54) is 0 Å². The Morgan fingerprint density at radius 3 is 0.556 bits per heavy atom. The summed E-state index contributed by atoms with van der Waals surface area (Å²) in [6.07, 6.45) is 0. The smallest absolute Gasteiger partial charge is 0.512 e. The van der Waals surface area contributed by atoms with Gasteiger partial charge in [0.15, 0.2) is 0 Å². The molecular formula is C8H16CuN8Ni. The van der Waals surface area contributed by atoms with Crippen LogP contribution in [0.4, 0.5) is 0 Å². The van der Waals surface area contributed by atoms with Gasteiger partial charge >= 0.3 is 33.6 Å². The molecule has 0 atom stereocenters. The zero-order chi connectivity index (χ0) is 14.8. The molecule has 0 saturated carbocycles. The van der Waals surface area contributed by atoms with Gasteiger partial charge in [-0.2, -0.15) is 0 Å². The molecule has 1 radical (unpaired) electrons. The van der Waals surface area contributed by atoms with Crippen molar-refractivity contribution < 1.29 is 33.6 Å². The van der Waals surface area contributed by atoms with Gasteiger partial charge in [0.2, 0.25) is 0 Å². The molecule has 0 bridgehead atoms. The molecule has 0 heterocycles. The predicted octanol–water partition coefficient (Wildman–Crippen LogP) is -1.81. The van der Waals surface area contributed by atoms with Crippen molar-refractivity contribution in [1.29, 1.82) is 21.0 Å². The topological polar surface area (TPSA) is 199 Å². The van der Waals surface area contributed by atoms with Gasteiger partial charge in [-0.3, -0.25) is 0 Å². The van der Waals surface area contributed by atoms with Crippen molar-refractivity contribution in [1.82, 2.24) is 0 Å². The third-order valence-corrected chi connectivity index (χ3v) is 0.333. The molecule has 0 rings (SSSR count). The van der Waals surface area contributed by atoms with Crippen LogP contribution in [0.3, 0.4) is 0 Å². The van der Waals surface area contributed by atoms with E-state index in [9.17, 15) is 0 Å². The van der Waals surface area contributed by atoms with Crippen molar-refractivity contribution >= 4 is 0 Å². The molecule has 0 fully saturated rings. The largest absolute Gasteiger partial charge is 2.00 e. The van der Waals surface area contributed by atoms with E-state index in [0.717, 1.165) is 0 Å². The third kappa shape index (κ3) is 4280. The van der Waals surface area contributed by atoms with E-state index in [2.05, 4.69) is 0 Å². The summed E-state index contributed by atoms with van der Waals surface area (Å²) >= 11 is 0. The molecule has 8 N–H and O–H groups in total. The summed E-state index contributed by atoms with van der Waals surface area (Å²) < 4.78 is 0. The minimum atomic E-state index is 0. The Kier molecular flexibility index (Phi) is 1320. The molecule has 0 amide bonds. The first kappa shape index (κ1) is 54.1. The number of hydrogen-bond acceptors (Lipinski definition) is 8. The molecule has 10 heteroatoms. The van der Waals surface area contributed by atoms with Gasteiger partial charge in [-0.15, -0.1) is 0 Å². The molecule has 0 aromatic carbocycles. The number of hydrogen-bond donors (Lipinski definition) is 4.